The highest BCUT2D eigenvalue weighted by Gasteiger charge is 2.52. The Labute approximate surface area is 153 Å². The molecule has 0 spiro atoms. The van der Waals surface area contributed by atoms with Gasteiger partial charge in [-0.15, -0.1) is 0 Å². The second-order valence-corrected chi connectivity index (χ2v) is 11.0. The van der Waals surface area contributed by atoms with Crippen LogP contribution in [0.1, 0.15) is 67.9 Å². The topological polar surface area (TPSA) is 63.5 Å². The third-order valence-corrected chi connectivity index (χ3v) is 5.87. The highest BCUT2D eigenvalue weighted by atomic mass is 28.4. The van der Waals surface area contributed by atoms with Crippen LogP contribution in [-0.2, 0) is 13.3 Å². The Bertz CT molecular complexity index is 561. The predicted octanol–water partition coefficient (Wildman–Crippen LogP) is 4.85. The van der Waals surface area contributed by atoms with Crippen LogP contribution < -0.4 is 4.98 Å². The number of nitrogens with one attached hydrogen (secondary N) is 1. The lowest BCUT2D eigenvalue weighted by Crippen LogP contribution is -2.62. The zero-order valence-electron chi connectivity index (χ0n) is 17.0. The van der Waals surface area contributed by atoms with Crippen molar-refractivity contribution in [2.75, 3.05) is 4.98 Å². The van der Waals surface area contributed by atoms with Gasteiger partial charge in [0.25, 0.3) is 0 Å². The maximum atomic E-state index is 8.98. The van der Waals surface area contributed by atoms with Crippen molar-refractivity contribution in [2.24, 2.45) is 0 Å². The zero-order chi connectivity index (χ0) is 19.5. The van der Waals surface area contributed by atoms with Gasteiger partial charge in [0.15, 0.2) is 0 Å². The van der Waals surface area contributed by atoms with Gasteiger partial charge in [0.05, 0.1) is 28.4 Å². The monoisotopic (exact) mass is 364 g/mol. The molecule has 0 heterocycles. The first-order valence-corrected chi connectivity index (χ1v) is 10.2. The smallest absolute Gasteiger partial charge is 0.352 e. The zero-order valence-corrected chi connectivity index (χ0v) is 18.0. The first-order chi connectivity index (χ1) is 11.1. The quantitative estimate of drug-likeness (QED) is 0.757. The molecule has 0 unspecified atom stereocenters. The SMILES string of the molecule is CC(C)(C)O[Si](Nc1ccc(C#N)cc1)(OC(C)(C)C)OC(C)(C)C. The number of nitriles is 1. The van der Waals surface area contributed by atoms with Crippen molar-refractivity contribution < 1.29 is 13.3 Å². The van der Waals surface area contributed by atoms with Crippen molar-refractivity contribution in [1.82, 2.24) is 0 Å². The highest BCUT2D eigenvalue weighted by Crippen LogP contribution is 2.30. The first kappa shape index (κ1) is 21.6. The van der Waals surface area contributed by atoms with E-state index in [1.165, 1.54) is 0 Å². The van der Waals surface area contributed by atoms with Gasteiger partial charge in [0, 0.05) is 5.69 Å². The molecule has 1 rings (SSSR count). The van der Waals surface area contributed by atoms with E-state index in [9.17, 15) is 0 Å². The second kappa shape index (κ2) is 7.46. The van der Waals surface area contributed by atoms with Crippen molar-refractivity contribution in [3.05, 3.63) is 29.8 Å². The summed E-state index contributed by atoms with van der Waals surface area (Å²) in [5, 5.41) is 8.98. The van der Waals surface area contributed by atoms with Crippen LogP contribution in [0.25, 0.3) is 0 Å². The molecular weight excluding hydrogens is 332 g/mol. The Kier molecular flexibility index (Phi) is 6.46. The van der Waals surface area contributed by atoms with Crippen molar-refractivity contribution >= 4 is 14.7 Å². The molecule has 25 heavy (non-hydrogen) atoms. The summed E-state index contributed by atoms with van der Waals surface area (Å²) in [6.45, 7) is 17.8. The van der Waals surface area contributed by atoms with Crippen LogP contribution in [0.15, 0.2) is 24.3 Å². The minimum absolute atomic E-state index is 0.456. The van der Waals surface area contributed by atoms with Crippen LogP contribution in [0.4, 0.5) is 5.69 Å². The second-order valence-electron chi connectivity index (χ2n) is 9.01. The van der Waals surface area contributed by atoms with E-state index in [2.05, 4.69) is 11.1 Å². The molecule has 0 radical (unpaired) electrons. The number of hydrogen-bond donors (Lipinski definition) is 1. The van der Waals surface area contributed by atoms with Gasteiger partial charge < -0.3 is 18.3 Å². The lowest BCUT2D eigenvalue weighted by molar-refractivity contribution is -0.0706. The Morgan fingerprint density at radius 2 is 1.12 bits per heavy atom. The van der Waals surface area contributed by atoms with Gasteiger partial charge in [-0.25, -0.2) is 0 Å². The molecule has 1 aromatic rings. The normalized spacial score (nSPS) is 13.4. The van der Waals surface area contributed by atoms with E-state index in [1.54, 1.807) is 12.1 Å². The van der Waals surface area contributed by atoms with Crippen LogP contribution in [-0.4, -0.2) is 25.8 Å². The van der Waals surface area contributed by atoms with E-state index in [0.717, 1.165) is 5.69 Å². The van der Waals surface area contributed by atoms with Crippen LogP contribution in [0.2, 0.25) is 0 Å². The summed E-state index contributed by atoms with van der Waals surface area (Å²) in [4.78, 5) is 3.38. The minimum Gasteiger partial charge on any atom is -0.352 e. The Morgan fingerprint density at radius 3 is 1.40 bits per heavy atom. The van der Waals surface area contributed by atoms with Gasteiger partial charge >= 0.3 is 8.97 Å². The largest absolute Gasteiger partial charge is 0.632 e. The summed E-state index contributed by atoms with van der Waals surface area (Å²) in [5.74, 6) is 0. The molecule has 6 heteroatoms. The Morgan fingerprint density at radius 1 is 0.760 bits per heavy atom. The summed E-state index contributed by atoms with van der Waals surface area (Å²) in [5.41, 5.74) is 0.0268. The number of benzene rings is 1. The van der Waals surface area contributed by atoms with Crippen molar-refractivity contribution in [3.63, 3.8) is 0 Å². The van der Waals surface area contributed by atoms with E-state index in [-0.39, 0.29) is 0 Å². The summed E-state index contributed by atoms with van der Waals surface area (Å²) in [7, 11) is -3.30. The van der Waals surface area contributed by atoms with Crippen LogP contribution in [0.3, 0.4) is 0 Å². The molecule has 0 aliphatic heterocycles. The summed E-state index contributed by atoms with van der Waals surface area (Å²) in [6.07, 6.45) is 0. The summed E-state index contributed by atoms with van der Waals surface area (Å²) < 4.78 is 19.1. The highest BCUT2D eigenvalue weighted by molar-refractivity contribution is 6.64. The van der Waals surface area contributed by atoms with Crippen LogP contribution >= 0.6 is 0 Å². The van der Waals surface area contributed by atoms with Gasteiger partial charge in [-0.2, -0.15) is 5.26 Å². The molecule has 0 bridgehead atoms. The molecular formula is C19H32N2O3Si. The summed E-state index contributed by atoms with van der Waals surface area (Å²) >= 11 is 0. The molecule has 1 N–H and O–H groups in total. The standard InChI is InChI=1S/C19H32N2O3Si/c1-17(2,3)22-25(23-18(4,5)6,24-19(7,8)9)21-16-12-10-15(14-20)11-13-16/h10-13,21H,1-9H3. The van der Waals surface area contributed by atoms with Crippen LogP contribution in [0, 0.1) is 11.3 Å². The van der Waals surface area contributed by atoms with Gasteiger partial charge in [0.2, 0.25) is 0 Å². The number of anilines is 1. The molecule has 0 aromatic heterocycles. The average molecular weight is 365 g/mol. The molecule has 5 nitrogen and oxygen atoms in total. The summed E-state index contributed by atoms with van der Waals surface area (Å²) in [6, 6.07) is 9.31. The molecule has 0 atom stereocenters. The third kappa shape index (κ3) is 8.50. The lowest BCUT2D eigenvalue weighted by atomic mass is 10.2. The molecule has 140 valence electrons. The molecule has 0 saturated carbocycles. The van der Waals surface area contributed by atoms with Crippen molar-refractivity contribution in [1.29, 1.82) is 5.26 Å². The van der Waals surface area contributed by atoms with Gasteiger partial charge in [-0.3, -0.25) is 0 Å². The maximum absolute atomic E-state index is 8.98. The maximum Gasteiger partial charge on any atom is 0.632 e. The Balaban J connectivity index is 3.31. The lowest BCUT2D eigenvalue weighted by Gasteiger charge is -2.42. The minimum atomic E-state index is -3.30. The molecule has 0 fully saturated rings. The molecule has 0 amide bonds. The predicted molar refractivity (Wildman–Crippen MR) is 103 cm³/mol. The Hall–Kier alpha value is -1.39. The van der Waals surface area contributed by atoms with E-state index in [4.69, 9.17) is 18.5 Å². The van der Waals surface area contributed by atoms with E-state index in [1.807, 2.05) is 74.4 Å². The fourth-order valence-corrected chi connectivity index (χ4v) is 5.37. The van der Waals surface area contributed by atoms with Gasteiger partial charge in [-0.05, 0) is 86.6 Å². The van der Waals surface area contributed by atoms with Crippen molar-refractivity contribution in [2.45, 2.75) is 79.1 Å². The van der Waals surface area contributed by atoms with Crippen LogP contribution in [0.5, 0.6) is 0 Å². The van der Waals surface area contributed by atoms with Gasteiger partial charge in [-0.1, -0.05) is 0 Å². The van der Waals surface area contributed by atoms with Gasteiger partial charge in [0.1, 0.15) is 0 Å². The number of nitrogens with zero attached hydrogens (tertiary/aromatic N) is 1. The number of hydrogen-bond acceptors (Lipinski definition) is 5. The molecule has 0 saturated heterocycles. The van der Waals surface area contributed by atoms with Crippen molar-refractivity contribution in [3.8, 4) is 6.07 Å². The third-order valence-electron chi connectivity index (χ3n) is 2.63. The van der Waals surface area contributed by atoms with E-state index >= 15 is 0 Å². The average Bonchev–Trinajstić information content (AvgIpc) is 2.32. The molecule has 0 aliphatic rings. The fraction of sp³-hybridized carbons (Fsp3) is 0.632. The first-order valence-electron chi connectivity index (χ1n) is 8.52. The molecule has 0 aliphatic carbocycles. The molecule has 1 aromatic carbocycles. The fourth-order valence-electron chi connectivity index (χ4n) is 2.15. The van der Waals surface area contributed by atoms with E-state index < -0.39 is 25.8 Å². The van der Waals surface area contributed by atoms with E-state index in [0.29, 0.717) is 5.56 Å². The number of rotatable bonds is 5.